The van der Waals surface area contributed by atoms with Gasteiger partial charge in [-0.15, -0.1) is 0 Å². The van der Waals surface area contributed by atoms with Gasteiger partial charge in [0.1, 0.15) is 0 Å². The number of pyridine rings is 1. The number of methoxy groups -OCH3 is 1. The second-order valence-corrected chi connectivity index (χ2v) is 3.96. The highest BCUT2D eigenvalue weighted by Gasteiger charge is 2.16. The molecule has 0 unspecified atom stereocenters. The molecule has 0 spiro atoms. The predicted molar refractivity (Wildman–Crippen MR) is 65.2 cm³/mol. The third-order valence-corrected chi connectivity index (χ3v) is 2.93. The number of aromatic nitrogens is 1. The highest BCUT2D eigenvalue weighted by Crippen LogP contribution is 2.26. The van der Waals surface area contributed by atoms with Crippen LogP contribution in [0.5, 0.6) is 5.75 Å². The van der Waals surface area contributed by atoms with Crippen LogP contribution in [0.3, 0.4) is 0 Å². The number of nitrogens with zero attached hydrogens (tertiary/aromatic N) is 2. The lowest BCUT2D eigenvalue weighted by Gasteiger charge is -2.29. The van der Waals surface area contributed by atoms with Crippen LogP contribution in [0.15, 0.2) is 12.3 Å². The van der Waals surface area contributed by atoms with Gasteiger partial charge in [0.25, 0.3) is 0 Å². The van der Waals surface area contributed by atoms with Gasteiger partial charge in [0.2, 0.25) is 0 Å². The Kier molecular flexibility index (Phi) is 3.62. The van der Waals surface area contributed by atoms with E-state index in [0.29, 0.717) is 0 Å². The molecule has 0 atom stereocenters. The molecular formula is C12H19N3O. The standard InChI is InChI=1S/C12H19N3O/c1-3-10-8-11(16-2)12(14-9-10)15-6-4-13-5-7-15/h8-9,13H,3-7H2,1-2H3. The zero-order valence-corrected chi connectivity index (χ0v) is 9.99. The second kappa shape index (κ2) is 5.16. The van der Waals surface area contributed by atoms with Crippen LogP contribution in [-0.2, 0) is 6.42 Å². The number of hydrogen-bond acceptors (Lipinski definition) is 4. The van der Waals surface area contributed by atoms with Gasteiger partial charge in [-0.2, -0.15) is 0 Å². The molecule has 0 radical (unpaired) electrons. The Morgan fingerprint density at radius 1 is 1.44 bits per heavy atom. The molecule has 0 amide bonds. The molecule has 4 heteroatoms. The van der Waals surface area contributed by atoms with E-state index >= 15 is 0 Å². The van der Waals surface area contributed by atoms with Crippen LogP contribution in [0.2, 0.25) is 0 Å². The number of anilines is 1. The van der Waals surface area contributed by atoms with Crippen molar-refractivity contribution in [3.05, 3.63) is 17.8 Å². The van der Waals surface area contributed by atoms with Crippen molar-refractivity contribution < 1.29 is 4.74 Å². The van der Waals surface area contributed by atoms with Gasteiger partial charge in [0.15, 0.2) is 11.6 Å². The fourth-order valence-electron chi connectivity index (χ4n) is 1.94. The lowest BCUT2D eigenvalue weighted by Crippen LogP contribution is -2.44. The SMILES string of the molecule is CCc1cnc(N2CCNCC2)c(OC)c1. The molecule has 0 saturated carbocycles. The summed E-state index contributed by atoms with van der Waals surface area (Å²) in [6, 6.07) is 2.09. The van der Waals surface area contributed by atoms with Gasteiger partial charge < -0.3 is 15.0 Å². The van der Waals surface area contributed by atoms with E-state index in [4.69, 9.17) is 4.74 Å². The van der Waals surface area contributed by atoms with Gasteiger partial charge in [-0.3, -0.25) is 0 Å². The van der Waals surface area contributed by atoms with E-state index in [-0.39, 0.29) is 0 Å². The van der Waals surface area contributed by atoms with Crippen molar-refractivity contribution in [2.24, 2.45) is 0 Å². The Bertz CT molecular complexity index is 348. The molecule has 1 aromatic rings. The van der Waals surface area contributed by atoms with Crippen molar-refractivity contribution in [2.75, 3.05) is 38.2 Å². The van der Waals surface area contributed by atoms with Gasteiger partial charge in [-0.1, -0.05) is 6.92 Å². The first-order valence-electron chi connectivity index (χ1n) is 5.83. The van der Waals surface area contributed by atoms with Crippen LogP contribution in [0.25, 0.3) is 0 Å². The number of piperazine rings is 1. The van der Waals surface area contributed by atoms with Crippen molar-refractivity contribution >= 4 is 5.82 Å². The van der Waals surface area contributed by atoms with Crippen molar-refractivity contribution in [3.8, 4) is 5.75 Å². The summed E-state index contributed by atoms with van der Waals surface area (Å²) in [5.41, 5.74) is 1.22. The van der Waals surface area contributed by atoms with Crippen LogP contribution in [0.1, 0.15) is 12.5 Å². The van der Waals surface area contributed by atoms with Crippen LogP contribution in [0, 0.1) is 0 Å². The Labute approximate surface area is 96.6 Å². The summed E-state index contributed by atoms with van der Waals surface area (Å²) < 4.78 is 5.42. The molecular weight excluding hydrogens is 202 g/mol. The maximum Gasteiger partial charge on any atom is 0.171 e. The topological polar surface area (TPSA) is 37.4 Å². The number of rotatable bonds is 3. The van der Waals surface area contributed by atoms with Gasteiger partial charge in [0.05, 0.1) is 7.11 Å². The van der Waals surface area contributed by atoms with Gasteiger partial charge in [0, 0.05) is 32.4 Å². The van der Waals surface area contributed by atoms with E-state index in [1.54, 1.807) is 7.11 Å². The summed E-state index contributed by atoms with van der Waals surface area (Å²) in [6.07, 6.45) is 2.94. The highest BCUT2D eigenvalue weighted by atomic mass is 16.5. The van der Waals surface area contributed by atoms with E-state index < -0.39 is 0 Å². The number of hydrogen-bond donors (Lipinski definition) is 1. The molecule has 1 fully saturated rings. The Morgan fingerprint density at radius 2 is 2.19 bits per heavy atom. The number of aryl methyl sites for hydroxylation is 1. The number of nitrogens with one attached hydrogen (secondary N) is 1. The molecule has 1 aliphatic rings. The third-order valence-electron chi connectivity index (χ3n) is 2.93. The molecule has 4 nitrogen and oxygen atoms in total. The van der Waals surface area contributed by atoms with E-state index in [1.165, 1.54) is 5.56 Å². The maximum absolute atomic E-state index is 5.42. The Hall–Kier alpha value is -1.29. The fourth-order valence-corrected chi connectivity index (χ4v) is 1.94. The molecule has 0 bridgehead atoms. The van der Waals surface area contributed by atoms with E-state index in [0.717, 1.165) is 44.2 Å². The monoisotopic (exact) mass is 221 g/mol. The molecule has 1 N–H and O–H groups in total. The first kappa shape index (κ1) is 11.2. The minimum Gasteiger partial charge on any atom is -0.493 e. The summed E-state index contributed by atoms with van der Waals surface area (Å²) >= 11 is 0. The summed E-state index contributed by atoms with van der Waals surface area (Å²) in [5, 5.41) is 3.33. The first-order valence-corrected chi connectivity index (χ1v) is 5.83. The van der Waals surface area contributed by atoms with Crippen molar-refractivity contribution in [3.63, 3.8) is 0 Å². The predicted octanol–water partition coefficient (Wildman–Crippen LogP) is 1.06. The van der Waals surface area contributed by atoms with Crippen molar-refractivity contribution in [1.29, 1.82) is 0 Å². The zero-order valence-electron chi connectivity index (χ0n) is 9.99. The smallest absolute Gasteiger partial charge is 0.171 e. The average Bonchev–Trinajstić information content (AvgIpc) is 2.39. The van der Waals surface area contributed by atoms with E-state index in [1.807, 2.05) is 6.20 Å². The van der Waals surface area contributed by atoms with Crippen molar-refractivity contribution in [1.82, 2.24) is 10.3 Å². The highest BCUT2D eigenvalue weighted by molar-refractivity contribution is 5.53. The summed E-state index contributed by atoms with van der Waals surface area (Å²) in [6.45, 7) is 6.14. The molecule has 2 heterocycles. The normalized spacial score (nSPS) is 16.2. The largest absolute Gasteiger partial charge is 0.493 e. The quantitative estimate of drug-likeness (QED) is 0.828. The van der Waals surface area contributed by atoms with E-state index in [9.17, 15) is 0 Å². The minimum atomic E-state index is 0.890. The Balaban J connectivity index is 2.24. The third kappa shape index (κ3) is 2.27. The van der Waals surface area contributed by atoms with Gasteiger partial charge >= 0.3 is 0 Å². The van der Waals surface area contributed by atoms with Crippen LogP contribution < -0.4 is 15.0 Å². The average molecular weight is 221 g/mol. The van der Waals surface area contributed by atoms with Gasteiger partial charge in [-0.05, 0) is 18.1 Å². The minimum absolute atomic E-state index is 0.890. The van der Waals surface area contributed by atoms with Gasteiger partial charge in [-0.25, -0.2) is 4.98 Å². The lowest BCUT2D eigenvalue weighted by atomic mass is 10.2. The molecule has 88 valence electrons. The zero-order chi connectivity index (χ0) is 11.4. The summed E-state index contributed by atoms with van der Waals surface area (Å²) in [4.78, 5) is 6.79. The van der Waals surface area contributed by atoms with Crippen LogP contribution in [0.4, 0.5) is 5.82 Å². The van der Waals surface area contributed by atoms with Crippen molar-refractivity contribution in [2.45, 2.75) is 13.3 Å². The molecule has 16 heavy (non-hydrogen) atoms. The Morgan fingerprint density at radius 3 is 2.81 bits per heavy atom. The molecule has 1 aliphatic heterocycles. The molecule has 0 aromatic carbocycles. The van der Waals surface area contributed by atoms with Crippen LogP contribution in [-0.4, -0.2) is 38.3 Å². The van der Waals surface area contributed by atoms with Crippen LogP contribution >= 0.6 is 0 Å². The first-order chi connectivity index (χ1) is 7.85. The van der Waals surface area contributed by atoms with E-state index in [2.05, 4.69) is 28.2 Å². The maximum atomic E-state index is 5.42. The molecule has 1 saturated heterocycles. The molecule has 0 aliphatic carbocycles. The molecule has 2 rings (SSSR count). The summed E-state index contributed by atoms with van der Waals surface area (Å²) in [5.74, 6) is 1.86. The second-order valence-electron chi connectivity index (χ2n) is 3.96. The lowest BCUT2D eigenvalue weighted by molar-refractivity contribution is 0.410. The summed E-state index contributed by atoms with van der Waals surface area (Å²) in [7, 11) is 1.71. The number of ether oxygens (including phenoxy) is 1. The fraction of sp³-hybridized carbons (Fsp3) is 0.583. The molecule has 1 aromatic heterocycles.